The number of hydrogen-bond donors (Lipinski definition) is 0. The van der Waals surface area contributed by atoms with Crippen molar-refractivity contribution in [3.05, 3.63) is 23.8 Å². The number of thioether (sulfide) groups is 1. The van der Waals surface area contributed by atoms with Gasteiger partial charge in [-0.25, -0.2) is 13.4 Å². The monoisotopic (exact) mass is 489 g/mol. The van der Waals surface area contributed by atoms with Gasteiger partial charge in [0.05, 0.1) is 33.9 Å². The van der Waals surface area contributed by atoms with Gasteiger partial charge in [0.25, 0.3) is 0 Å². The number of nitrogens with zero attached hydrogens (tertiary/aromatic N) is 3. The lowest BCUT2D eigenvalue weighted by molar-refractivity contribution is -0.137. The van der Waals surface area contributed by atoms with E-state index in [1.54, 1.807) is 4.90 Å². The zero-order valence-corrected chi connectivity index (χ0v) is 19.4. The van der Waals surface area contributed by atoms with Crippen molar-refractivity contribution < 1.29 is 26.4 Å². The van der Waals surface area contributed by atoms with Gasteiger partial charge in [-0.1, -0.05) is 25.1 Å². The molecule has 1 unspecified atom stereocenters. The first-order valence-electron chi connectivity index (χ1n) is 10.8. The Morgan fingerprint density at radius 3 is 2.59 bits per heavy atom. The summed E-state index contributed by atoms with van der Waals surface area (Å²) in [7, 11) is -3.11. The summed E-state index contributed by atoms with van der Waals surface area (Å²) in [5, 5.41) is 0.510. The molecule has 6 nitrogen and oxygen atoms in total. The molecule has 0 bridgehead atoms. The number of carbonyl (C=O) groups is 1. The highest BCUT2D eigenvalue weighted by Gasteiger charge is 2.42. The van der Waals surface area contributed by atoms with E-state index in [0.29, 0.717) is 23.6 Å². The van der Waals surface area contributed by atoms with Crippen LogP contribution in [0.4, 0.5) is 13.2 Å². The van der Waals surface area contributed by atoms with Crippen molar-refractivity contribution in [2.24, 2.45) is 0 Å². The van der Waals surface area contributed by atoms with Gasteiger partial charge in [0.1, 0.15) is 0 Å². The Labute approximate surface area is 189 Å². The minimum atomic E-state index is -4.45. The number of alkyl halides is 3. The zero-order valence-electron chi connectivity index (χ0n) is 17.8. The lowest BCUT2D eigenvalue weighted by atomic mass is 10.2. The number of unbranched alkanes of at least 4 members (excludes halogenated alkanes) is 1. The Hall–Kier alpha value is -1.75. The molecule has 1 aromatic heterocycles. The number of hydrogen-bond acceptors (Lipinski definition) is 5. The normalized spacial score (nSPS) is 20.7. The number of sulfone groups is 1. The molecule has 1 aliphatic carbocycles. The molecule has 1 atom stereocenters. The van der Waals surface area contributed by atoms with Gasteiger partial charge < -0.3 is 9.47 Å². The molecule has 0 N–H and O–H groups in total. The maximum Gasteiger partial charge on any atom is 0.416 e. The van der Waals surface area contributed by atoms with Gasteiger partial charge in [0.15, 0.2) is 15.0 Å². The molecule has 2 aliphatic rings. The topological polar surface area (TPSA) is 72.3 Å². The standard InChI is InChI=1S/C21H26F3N3O3S2/c1-2-3-9-26-18-7-4-14(21(22,23)24)11-17(18)25-20(26)31-12-19(28)27(15-5-6-15)16-8-10-32(29,30)13-16/h4,7,11,15-16H,2-3,5-6,8-10,12-13H2,1H3. The van der Waals surface area contributed by atoms with E-state index in [4.69, 9.17) is 0 Å². The Kier molecular flexibility index (Phi) is 6.50. The molecule has 1 aromatic carbocycles. The van der Waals surface area contributed by atoms with Gasteiger partial charge >= 0.3 is 6.18 Å². The highest BCUT2D eigenvalue weighted by Crippen LogP contribution is 2.35. The Balaban J connectivity index is 1.55. The number of amides is 1. The van der Waals surface area contributed by atoms with E-state index in [1.165, 1.54) is 17.8 Å². The van der Waals surface area contributed by atoms with Gasteiger partial charge in [-0.3, -0.25) is 4.79 Å². The lowest BCUT2D eigenvalue weighted by Gasteiger charge is -2.28. The molecule has 11 heteroatoms. The predicted octanol–water partition coefficient (Wildman–Crippen LogP) is 4.13. The summed E-state index contributed by atoms with van der Waals surface area (Å²) in [5.74, 6) is 0.0593. The van der Waals surface area contributed by atoms with E-state index in [9.17, 15) is 26.4 Å². The lowest BCUT2D eigenvalue weighted by Crippen LogP contribution is -2.43. The fraction of sp³-hybridized carbons (Fsp3) is 0.619. The van der Waals surface area contributed by atoms with Gasteiger partial charge in [0, 0.05) is 18.6 Å². The molecule has 2 fully saturated rings. The van der Waals surface area contributed by atoms with Crippen LogP contribution >= 0.6 is 11.8 Å². The van der Waals surface area contributed by atoms with Crippen LogP contribution in [0.1, 0.15) is 44.6 Å². The zero-order chi connectivity index (χ0) is 23.1. The smallest absolute Gasteiger partial charge is 0.335 e. The number of aryl methyl sites for hydroxylation is 1. The number of halogens is 3. The van der Waals surface area contributed by atoms with E-state index < -0.39 is 21.6 Å². The first kappa shape index (κ1) is 23.4. The Bertz CT molecular complexity index is 1110. The third-order valence-electron chi connectivity index (χ3n) is 5.93. The second-order valence-electron chi connectivity index (χ2n) is 8.48. The molecule has 2 aromatic rings. The van der Waals surface area contributed by atoms with Crippen molar-refractivity contribution in [3.8, 4) is 0 Å². The van der Waals surface area contributed by atoms with Crippen molar-refractivity contribution >= 4 is 38.5 Å². The molecule has 176 valence electrons. The van der Waals surface area contributed by atoms with Crippen LogP contribution in [0.2, 0.25) is 0 Å². The van der Waals surface area contributed by atoms with Crippen molar-refractivity contribution in [1.82, 2.24) is 14.5 Å². The molecule has 32 heavy (non-hydrogen) atoms. The number of imidazole rings is 1. The van der Waals surface area contributed by atoms with Crippen LogP contribution in [0.5, 0.6) is 0 Å². The minimum Gasteiger partial charge on any atom is -0.335 e. The van der Waals surface area contributed by atoms with E-state index in [-0.39, 0.29) is 40.8 Å². The average Bonchev–Trinajstić information content (AvgIpc) is 3.39. The van der Waals surface area contributed by atoms with Crippen LogP contribution in [-0.2, 0) is 27.4 Å². The largest absolute Gasteiger partial charge is 0.416 e. The van der Waals surface area contributed by atoms with Crippen LogP contribution in [0, 0.1) is 0 Å². The second-order valence-corrected chi connectivity index (χ2v) is 11.6. The maximum absolute atomic E-state index is 13.1. The van der Waals surface area contributed by atoms with E-state index >= 15 is 0 Å². The molecule has 1 aliphatic heterocycles. The molecule has 4 rings (SSSR count). The molecule has 0 spiro atoms. The van der Waals surface area contributed by atoms with Crippen LogP contribution in [0.15, 0.2) is 23.4 Å². The molecule has 2 heterocycles. The van der Waals surface area contributed by atoms with Crippen molar-refractivity contribution in [3.63, 3.8) is 0 Å². The quantitative estimate of drug-likeness (QED) is 0.522. The first-order valence-corrected chi connectivity index (χ1v) is 13.6. The number of fused-ring (bicyclic) bond motifs is 1. The third kappa shape index (κ3) is 5.08. The van der Waals surface area contributed by atoms with E-state index in [2.05, 4.69) is 4.98 Å². The number of aromatic nitrogens is 2. The van der Waals surface area contributed by atoms with E-state index in [1.807, 2.05) is 11.5 Å². The van der Waals surface area contributed by atoms with Gasteiger partial charge in [0.2, 0.25) is 5.91 Å². The number of benzene rings is 1. The summed E-state index contributed by atoms with van der Waals surface area (Å²) in [6.07, 6.45) is -0.483. The molecule has 1 saturated carbocycles. The van der Waals surface area contributed by atoms with Crippen molar-refractivity contribution in [2.45, 2.75) is 69.0 Å². The summed E-state index contributed by atoms with van der Waals surface area (Å²) in [6, 6.07) is 3.35. The van der Waals surface area contributed by atoms with E-state index in [0.717, 1.165) is 37.8 Å². The van der Waals surface area contributed by atoms with Crippen molar-refractivity contribution in [2.75, 3.05) is 17.3 Å². The Morgan fingerprint density at radius 2 is 2.00 bits per heavy atom. The fourth-order valence-electron chi connectivity index (χ4n) is 4.18. The summed E-state index contributed by atoms with van der Waals surface area (Å²) < 4.78 is 65.0. The molecular formula is C21H26F3N3O3S2. The highest BCUT2D eigenvalue weighted by molar-refractivity contribution is 7.99. The van der Waals surface area contributed by atoms with Gasteiger partial charge in [-0.05, 0) is 43.9 Å². The third-order valence-corrected chi connectivity index (χ3v) is 8.64. The number of rotatable bonds is 8. The average molecular weight is 490 g/mol. The van der Waals surface area contributed by atoms with Gasteiger partial charge in [-0.2, -0.15) is 13.2 Å². The minimum absolute atomic E-state index is 0.00907. The van der Waals surface area contributed by atoms with Crippen LogP contribution in [-0.4, -0.2) is 58.1 Å². The Morgan fingerprint density at radius 1 is 1.25 bits per heavy atom. The fourth-order valence-corrected chi connectivity index (χ4v) is 6.80. The molecular weight excluding hydrogens is 463 g/mol. The summed E-state index contributed by atoms with van der Waals surface area (Å²) >= 11 is 1.21. The predicted molar refractivity (Wildman–Crippen MR) is 117 cm³/mol. The summed E-state index contributed by atoms with van der Waals surface area (Å²) in [5.41, 5.74) is 0.120. The number of carbonyl (C=O) groups excluding carboxylic acids is 1. The first-order chi connectivity index (χ1) is 15.1. The second kappa shape index (κ2) is 8.89. The van der Waals surface area contributed by atoms with Gasteiger partial charge in [-0.15, -0.1) is 0 Å². The SMILES string of the molecule is CCCCn1c(SCC(=O)N(C2CC2)C2CCS(=O)(=O)C2)nc2cc(C(F)(F)F)ccc21. The summed E-state index contributed by atoms with van der Waals surface area (Å²) in [6.45, 7) is 2.63. The highest BCUT2D eigenvalue weighted by atomic mass is 32.2. The van der Waals surface area contributed by atoms with Crippen molar-refractivity contribution in [1.29, 1.82) is 0 Å². The van der Waals surface area contributed by atoms with Crippen LogP contribution in [0.3, 0.4) is 0 Å². The summed E-state index contributed by atoms with van der Waals surface area (Å²) in [4.78, 5) is 19.2. The molecule has 0 radical (unpaired) electrons. The van der Waals surface area contributed by atoms with Crippen LogP contribution in [0.25, 0.3) is 11.0 Å². The molecule has 1 amide bonds. The maximum atomic E-state index is 13.1. The molecule has 1 saturated heterocycles. The van der Waals surface area contributed by atoms with Crippen LogP contribution < -0.4 is 0 Å².